The van der Waals surface area contributed by atoms with Crippen molar-refractivity contribution >= 4 is 16.7 Å². The van der Waals surface area contributed by atoms with Crippen molar-refractivity contribution in [3.8, 4) is 11.9 Å². The SMILES string of the molecule is Cc1nc(N2CC[C@@H](C(C)(C)O)C2)cc(-n2ncc3ccc(C4(C#N)CC5(CC5)C4)cc32)n1. The van der Waals surface area contributed by atoms with Crippen molar-refractivity contribution in [3.63, 3.8) is 0 Å². The summed E-state index contributed by atoms with van der Waals surface area (Å²) in [4.78, 5) is 11.6. The zero-order valence-corrected chi connectivity index (χ0v) is 19.5. The zero-order valence-electron chi connectivity index (χ0n) is 19.5. The second-order valence-electron chi connectivity index (χ2n) is 11.1. The normalized spacial score (nSPS) is 23.0. The summed E-state index contributed by atoms with van der Waals surface area (Å²) in [5.41, 5.74) is 1.44. The summed E-state index contributed by atoms with van der Waals surface area (Å²) >= 11 is 0. The lowest BCUT2D eigenvalue weighted by atomic mass is 9.57. The molecule has 1 spiro atoms. The van der Waals surface area contributed by atoms with E-state index in [1.54, 1.807) is 0 Å². The van der Waals surface area contributed by atoms with Gasteiger partial charge in [-0.2, -0.15) is 10.4 Å². The predicted molar refractivity (Wildman–Crippen MR) is 126 cm³/mol. The first-order valence-corrected chi connectivity index (χ1v) is 11.9. The van der Waals surface area contributed by atoms with E-state index in [0.717, 1.165) is 60.5 Å². The first kappa shape index (κ1) is 20.6. The molecule has 6 rings (SSSR count). The highest BCUT2D eigenvalue weighted by molar-refractivity contribution is 5.81. The van der Waals surface area contributed by atoms with Gasteiger partial charge in [-0.1, -0.05) is 12.1 Å². The van der Waals surface area contributed by atoms with E-state index in [9.17, 15) is 10.4 Å². The number of aromatic nitrogens is 4. The van der Waals surface area contributed by atoms with E-state index in [4.69, 9.17) is 4.98 Å². The first-order chi connectivity index (χ1) is 15.7. The molecule has 170 valence electrons. The highest BCUT2D eigenvalue weighted by Gasteiger charge is 2.61. The maximum absolute atomic E-state index is 10.4. The molecule has 2 aromatic heterocycles. The Morgan fingerprint density at radius 2 is 1.91 bits per heavy atom. The van der Waals surface area contributed by atoms with Gasteiger partial charge in [0.2, 0.25) is 0 Å². The van der Waals surface area contributed by atoms with Crippen LogP contribution in [0.5, 0.6) is 0 Å². The molecule has 1 aliphatic heterocycles. The van der Waals surface area contributed by atoms with Crippen LogP contribution in [0.3, 0.4) is 0 Å². The predicted octanol–water partition coefficient (Wildman–Crippen LogP) is 4.06. The van der Waals surface area contributed by atoms with Crippen molar-refractivity contribution in [2.45, 2.75) is 63.9 Å². The van der Waals surface area contributed by atoms with Crippen LogP contribution in [-0.4, -0.2) is 43.5 Å². The first-order valence-electron chi connectivity index (χ1n) is 11.9. The number of nitrogens with zero attached hydrogens (tertiary/aromatic N) is 6. The number of aryl methyl sites for hydroxylation is 1. The molecule has 1 saturated heterocycles. The van der Waals surface area contributed by atoms with Crippen molar-refractivity contribution in [1.29, 1.82) is 5.26 Å². The molecule has 0 unspecified atom stereocenters. The fourth-order valence-corrected chi connectivity index (χ4v) is 5.96. The van der Waals surface area contributed by atoms with Crippen LogP contribution in [0.2, 0.25) is 0 Å². The van der Waals surface area contributed by atoms with Crippen LogP contribution < -0.4 is 4.90 Å². The number of anilines is 1. The Labute approximate surface area is 194 Å². The molecule has 33 heavy (non-hydrogen) atoms. The van der Waals surface area contributed by atoms with E-state index >= 15 is 0 Å². The van der Waals surface area contributed by atoms with Crippen LogP contribution in [0.1, 0.15) is 57.3 Å². The Morgan fingerprint density at radius 1 is 1.15 bits per heavy atom. The van der Waals surface area contributed by atoms with Gasteiger partial charge in [-0.3, -0.25) is 0 Å². The van der Waals surface area contributed by atoms with Crippen LogP contribution in [0.15, 0.2) is 30.5 Å². The molecule has 7 heteroatoms. The molecular weight excluding hydrogens is 412 g/mol. The molecule has 1 atom stereocenters. The number of aliphatic hydroxyl groups is 1. The molecule has 2 aliphatic carbocycles. The van der Waals surface area contributed by atoms with Crippen LogP contribution in [0.25, 0.3) is 16.7 Å². The minimum atomic E-state index is -0.703. The fourth-order valence-electron chi connectivity index (χ4n) is 5.96. The summed E-state index contributed by atoms with van der Waals surface area (Å²) in [7, 11) is 0. The third-order valence-electron chi connectivity index (χ3n) is 8.19. The van der Waals surface area contributed by atoms with Crippen molar-refractivity contribution in [1.82, 2.24) is 19.7 Å². The lowest BCUT2D eigenvalue weighted by Gasteiger charge is -2.44. The third kappa shape index (κ3) is 3.31. The average molecular weight is 443 g/mol. The van der Waals surface area contributed by atoms with Crippen molar-refractivity contribution in [2.24, 2.45) is 11.3 Å². The number of hydrogen-bond acceptors (Lipinski definition) is 6. The largest absolute Gasteiger partial charge is 0.390 e. The second-order valence-corrected chi connectivity index (χ2v) is 11.1. The van der Waals surface area contributed by atoms with Crippen LogP contribution >= 0.6 is 0 Å². The van der Waals surface area contributed by atoms with Gasteiger partial charge < -0.3 is 10.0 Å². The van der Waals surface area contributed by atoms with Gasteiger partial charge in [0.1, 0.15) is 11.6 Å². The molecule has 1 aromatic carbocycles. The van der Waals surface area contributed by atoms with Crippen LogP contribution in [0, 0.1) is 29.6 Å². The van der Waals surface area contributed by atoms with Crippen molar-refractivity contribution in [3.05, 3.63) is 41.9 Å². The highest BCUT2D eigenvalue weighted by Crippen LogP contribution is 2.68. The van der Waals surface area contributed by atoms with Crippen molar-refractivity contribution in [2.75, 3.05) is 18.0 Å². The van der Waals surface area contributed by atoms with Gasteiger partial charge in [0.05, 0.1) is 28.8 Å². The summed E-state index contributed by atoms with van der Waals surface area (Å²) < 4.78 is 1.87. The number of benzene rings is 1. The average Bonchev–Trinajstić information content (AvgIpc) is 3.19. The molecule has 0 radical (unpaired) electrons. The third-order valence-corrected chi connectivity index (χ3v) is 8.19. The molecule has 3 aliphatic rings. The van der Waals surface area contributed by atoms with E-state index in [-0.39, 0.29) is 11.3 Å². The van der Waals surface area contributed by atoms with Gasteiger partial charge in [-0.25, -0.2) is 14.6 Å². The highest BCUT2D eigenvalue weighted by atomic mass is 16.3. The number of nitriles is 1. The summed E-state index contributed by atoms with van der Waals surface area (Å²) in [6.07, 6.45) is 7.29. The van der Waals surface area contributed by atoms with Gasteiger partial charge in [0, 0.05) is 30.5 Å². The number of rotatable bonds is 4. The maximum Gasteiger partial charge on any atom is 0.159 e. The van der Waals surface area contributed by atoms with Gasteiger partial charge in [-0.15, -0.1) is 0 Å². The molecule has 1 N–H and O–H groups in total. The molecule has 3 fully saturated rings. The second kappa shape index (κ2) is 6.77. The Morgan fingerprint density at radius 3 is 2.58 bits per heavy atom. The molecule has 0 bridgehead atoms. The van der Waals surface area contributed by atoms with Crippen LogP contribution in [0.4, 0.5) is 5.82 Å². The molecular formula is C26H30N6O. The van der Waals surface area contributed by atoms with Gasteiger partial charge in [0.15, 0.2) is 5.82 Å². The fraction of sp³-hybridized carbons (Fsp3) is 0.538. The van der Waals surface area contributed by atoms with E-state index in [1.807, 2.05) is 37.7 Å². The topological polar surface area (TPSA) is 90.9 Å². The van der Waals surface area contributed by atoms with Crippen molar-refractivity contribution < 1.29 is 5.11 Å². The Bertz CT molecular complexity index is 1280. The minimum Gasteiger partial charge on any atom is -0.390 e. The number of fused-ring (bicyclic) bond motifs is 1. The van der Waals surface area contributed by atoms with E-state index in [1.165, 1.54) is 12.8 Å². The number of hydrogen-bond donors (Lipinski definition) is 1. The Kier molecular flexibility index (Phi) is 4.23. The minimum absolute atomic E-state index is 0.212. The van der Waals surface area contributed by atoms with Crippen LogP contribution in [-0.2, 0) is 5.41 Å². The maximum atomic E-state index is 10.4. The quantitative estimate of drug-likeness (QED) is 0.655. The lowest BCUT2D eigenvalue weighted by molar-refractivity contribution is 0.0263. The zero-order chi connectivity index (χ0) is 23.0. The lowest BCUT2D eigenvalue weighted by Crippen LogP contribution is -2.41. The van der Waals surface area contributed by atoms with E-state index in [0.29, 0.717) is 11.2 Å². The van der Waals surface area contributed by atoms with Gasteiger partial charge >= 0.3 is 0 Å². The van der Waals surface area contributed by atoms with Gasteiger partial charge in [0.25, 0.3) is 0 Å². The Hall–Kier alpha value is -2.98. The summed E-state index contributed by atoms with van der Waals surface area (Å²) in [5, 5.41) is 26.1. The molecule has 0 amide bonds. The monoisotopic (exact) mass is 442 g/mol. The van der Waals surface area contributed by atoms with Gasteiger partial charge in [-0.05, 0) is 69.9 Å². The molecule has 3 heterocycles. The standard InChI is InChI=1S/C26H30N6O/c1-17-29-22(31-9-6-20(13-31)24(2,3)33)11-23(30-17)32-21-10-19(5-4-18(21)12-28-32)26(16-27)14-25(15-26)7-8-25/h4-5,10-12,20,33H,6-9,13-15H2,1-3H3/t20-/m1/s1. The molecule has 7 nitrogen and oxygen atoms in total. The molecule has 2 saturated carbocycles. The van der Waals surface area contributed by atoms with E-state index in [2.05, 4.69) is 39.3 Å². The molecule has 3 aromatic rings. The summed E-state index contributed by atoms with van der Waals surface area (Å²) in [5.74, 6) is 2.50. The summed E-state index contributed by atoms with van der Waals surface area (Å²) in [6.45, 7) is 7.30. The summed E-state index contributed by atoms with van der Waals surface area (Å²) in [6, 6.07) is 10.9. The Balaban J connectivity index is 1.36. The van der Waals surface area contributed by atoms with E-state index < -0.39 is 5.60 Å². The smallest absolute Gasteiger partial charge is 0.159 e.